The second kappa shape index (κ2) is 7.31. The van der Waals surface area contributed by atoms with Crippen LogP contribution >= 0.6 is 0 Å². The standard InChI is InChI=1S/C17H22N2O7/c20-6-11(21)14(22)16(24)15(23)13-12-8(5-10(19-13)17(25)26)7-3-1-2-4-9(7)18-12/h1-4,10-11,13-16,18-24H,5-6H2,(H,25,26)/t10?,11-,13?,14+,15+,16+/m1/s1. The van der Waals surface area contributed by atoms with E-state index in [4.69, 9.17) is 5.11 Å². The second-order valence-electron chi connectivity index (χ2n) is 6.52. The van der Waals surface area contributed by atoms with Gasteiger partial charge in [-0.2, -0.15) is 0 Å². The smallest absolute Gasteiger partial charge is 0.321 e. The topological polar surface area (TPSA) is 166 Å². The van der Waals surface area contributed by atoms with Crippen LogP contribution in [-0.2, 0) is 11.2 Å². The Balaban J connectivity index is 1.99. The minimum atomic E-state index is -1.80. The van der Waals surface area contributed by atoms with E-state index in [0.717, 1.165) is 10.9 Å². The molecule has 6 atom stereocenters. The highest BCUT2D eigenvalue weighted by Crippen LogP contribution is 2.34. The van der Waals surface area contributed by atoms with Gasteiger partial charge in [0.15, 0.2) is 0 Å². The van der Waals surface area contributed by atoms with E-state index in [-0.39, 0.29) is 6.42 Å². The monoisotopic (exact) mass is 366 g/mol. The van der Waals surface area contributed by atoms with Gasteiger partial charge < -0.3 is 35.6 Å². The lowest BCUT2D eigenvalue weighted by Gasteiger charge is -2.36. The van der Waals surface area contributed by atoms with E-state index >= 15 is 0 Å². The van der Waals surface area contributed by atoms with E-state index in [1.54, 1.807) is 0 Å². The zero-order chi connectivity index (χ0) is 19.0. The molecule has 1 aliphatic heterocycles. The van der Waals surface area contributed by atoms with Crippen LogP contribution in [0, 0.1) is 0 Å². The van der Waals surface area contributed by atoms with Gasteiger partial charge >= 0.3 is 5.97 Å². The molecule has 3 rings (SSSR count). The van der Waals surface area contributed by atoms with Crippen LogP contribution in [0.3, 0.4) is 0 Å². The molecule has 0 radical (unpaired) electrons. The number of H-pyrrole nitrogens is 1. The SMILES string of the molecule is O=C(O)C1Cc2c([nH]c3ccccc23)C([C@H](O)[C@@H](O)[C@@H](O)[C@H](O)CO)N1. The highest BCUT2D eigenvalue weighted by atomic mass is 16.4. The Bertz CT molecular complexity index is 793. The summed E-state index contributed by atoms with van der Waals surface area (Å²) in [5, 5.41) is 62.0. The van der Waals surface area contributed by atoms with Gasteiger partial charge in [0.2, 0.25) is 0 Å². The van der Waals surface area contributed by atoms with Crippen LogP contribution in [0.1, 0.15) is 17.3 Å². The number of para-hydroxylation sites is 1. The third kappa shape index (κ3) is 3.20. The van der Waals surface area contributed by atoms with Crippen LogP contribution < -0.4 is 5.32 Å². The van der Waals surface area contributed by atoms with Crippen molar-refractivity contribution in [3.63, 3.8) is 0 Å². The van der Waals surface area contributed by atoms with Crippen molar-refractivity contribution in [1.29, 1.82) is 0 Å². The molecule has 142 valence electrons. The summed E-state index contributed by atoms with van der Waals surface area (Å²) in [6, 6.07) is 5.27. The number of aliphatic hydroxyl groups excluding tert-OH is 5. The normalized spacial score (nSPS) is 24.7. The summed E-state index contributed by atoms with van der Waals surface area (Å²) in [5.41, 5.74) is 1.98. The minimum absolute atomic E-state index is 0.190. The van der Waals surface area contributed by atoms with Crippen LogP contribution in [0.2, 0.25) is 0 Å². The Kier molecular flexibility index (Phi) is 5.28. The number of carbonyl (C=O) groups is 1. The summed E-state index contributed by atoms with van der Waals surface area (Å²) < 4.78 is 0. The van der Waals surface area contributed by atoms with E-state index in [9.17, 15) is 30.3 Å². The predicted octanol–water partition coefficient (Wildman–Crippen LogP) is -1.76. The molecule has 1 aromatic heterocycles. The molecular formula is C17H22N2O7. The van der Waals surface area contributed by atoms with Crippen LogP contribution in [-0.4, -0.2) is 78.7 Å². The van der Waals surface area contributed by atoms with Crippen LogP contribution in [0.25, 0.3) is 10.9 Å². The summed E-state index contributed by atoms with van der Waals surface area (Å²) in [6.07, 6.45) is -6.67. The summed E-state index contributed by atoms with van der Waals surface area (Å²) >= 11 is 0. The number of rotatable bonds is 6. The number of carboxylic acid groups (broad SMARTS) is 1. The molecule has 2 unspecified atom stereocenters. The number of fused-ring (bicyclic) bond motifs is 3. The first-order chi connectivity index (χ1) is 12.3. The molecule has 2 heterocycles. The zero-order valence-electron chi connectivity index (χ0n) is 13.8. The fourth-order valence-corrected chi connectivity index (χ4v) is 3.43. The third-order valence-corrected chi connectivity index (χ3v) is 4.87. The van der Waals surface area contributed by atoms with Gasteiger partial charge in [0.05, 0.1) is 12.6 Å². The lowest BCUT2D eigenvalue weighted by molar-refractivity contribution is -0.142. The fraction of sp³-hybridized carbons (Fsp3) is 0.471. The van der Waals surface area contributed by atoms with Crippen molar-refractivity contribution in [3.05, 3.63) is 35.5 Å². The quantitative estimate of drug-likeness (QED) is 0.298. The second-order valence-corrected chi connectivity index (χ2v) is 6.52. The van der Waals surface area contributed by atoms with Crippen molar-refractivity contribution >= 4 is 16.9 Å². The Hall–Kier alpha value is -2.01. The summed E-state index contributed by atoms with van der Waals surface area (Å²) in [4.78, 5) is 14.6. The highest BCUT2D eigenvalue weighted by molar-refractivity contribution is 5.86. The number of hydrogen-bond acceptors (Lipinski definition) is 7. The van der Waals surface area contributed by atoms with E-state index in [1.165, 1.54) is 0 Å². The van der Waals surface area contributed by atoms with Gasteiger partial charge in [-0.05, 0) is 11.6 Å². The Morgan fingerprint density at radius 2 is 1.85 bits per heavy atom. The third-order valence-electron chi connectivity index (χ3n) is 4.87. The minimum Gasteiger partial charge on any atom is -0.480 e. The number of aliphatic hydroxyl groups is 5. The summed E-state index contributed by atoms with van der Waals surface area (Å²) in [5.74, 6) is -1.11. The first-order valence-electron chi connectivity index (χ1n) is 8.26. The van der Waals surface area contributed by atoms with Crippen molar-refractivity contribution < 1.29 is 35.4 Å². The van der Waals surface area contributed by atoms with Crippen molar-refractivity contribution in [2.75, 3.05) is 6.61 Å². The van der Waals surface area contributed by atoms with Gasteiger partial charge in [-0.15, -0.1) is 0 Å². The highest BCUT2D eigenvalue weighted by Gasteiger charge is 2.41. The summed E-state index contributed by atoms with van der Waals surface area (Å²) in [6.45, 7) is -0.793. The molecule has 1 aromatic carbocycles. The molecule has 8 N–H and O–H groups in total. The van der Waals surface area contributed by atoms with E-state index in [0.29, 0.717) is 11.3 Å². The number of aromatic nitrogens is 1. The van der Waals surface area contributed by atoms with E-state index in [1.807, 2.05) is 24.3 Å². The molecule has 0 spiro atoms. The molecule has 26 heavy (non-hydrogen) atoms. The molecule has 9 heteroatoms. The van der Waals surface area contributed by atoms with Crippen molar-refractivity contribution in [2.45, 2.75) is 42.9 Å². The van der Waals surface area contributed by atoms with Gasteiger partial charge in [0.25, 0.3) is 0 Å². The molecule has 0 bridgehead atoms. The van der Waals surface area contributed by atoms with Gasteiger partial charge in [-0.25, -0.2) is 0 Å². The van der Waals surface area contributed by atoms with Crippen LogP contribution in [0.4, 0.5) is 0 Å². The first kappa shape index (κ1) is 18.8. The number of aliphatic carboxylic acids is 1. The first-order valence-corrected chi connectivity index (χ1v) is 8.26. The zero-order valence-corrected chi connectivity index (χ0v) is 13.8. The molecule has 9 nitrogen and oxygen atoms in total. The molecule has 0 saturated heterocycles. The number of carboxylic acids is 1. The molecule has 0 fully saturated rings. The van der Waals surface area contributed by atoms with Gasteiger partial charge in [0.1, 0.15) is 30.5 Å². The molecule has 0 saturated carbocycles. The molecule has 0 amide bonds. The fourth-order valence-electron chi connectivity index (χ4n) is 3.43. The van der Waals surface area contributed by atoms with Crippen molar-refractivity contribution in [3.8, 4) is 0 Å². The number of aromatic amines is 1. The lowest BCUT2D eigenvalue weighted by atomic mass is 9.88. The number of hydrogen-bond donors (Lipinski definition) is 8. The number of benzene rings is 1. The Morgan fingerprint density at radius 1 is 1.15 bits per heavy atom. The maximum absolute atomic E-state index is 11.5. The average molecular weight is 366 g/mol. The average Bonchev–Trinajstić information content (AvgIpc) is 3.03. The molecule has 1 aliphatic rings. The van der Waals surface area contributed by atoms with Crippen molar-refractivity contribution in [2.24, 2.45) is 0 Å². The lowest BCUT2D eigenvalue weighted by Crippen LogP contribution is -2.54. The van der Waals surface area contributed by atoms with Gasteiger partial charge in [0, 0.05) is 23.0 Å². The van der Waals surface area contributed by atoms with Crippen LogP contribution in [0.5, 0.6) is 0 Å². The largest absolute Gasteiger partial charge is 0.480 e. The van der Waals surface area contributed by atoms with Gasteiger partial charge in [-0.1, -0.05) is 18.2 Å². The Morgan fingerprint density at radius 3 is 2.50 bits per heavy atom. The van der Waals surface area contributed by atoms with Crippen molar-refractivity contribution in [1.82, 2.24) is 10.3 Å². The van der Waals surface area contributed by atoms with Gasteiger partial charge in [-0.3, -0.25) is 10.1 Å². The predicted molar refractivity (Wildman–Crippen MR) is 90.4 cm³/mol. The number of nitrogens with one attached hydrogen (secondary N) is 2. The maximum Gasteiger partial charge on any atom is 0.321 e. The molecule has 0 aliphatic carbocycles. The van der Waals surface area contributed by atoms with E-state index < -0.39 is 49.1 Å². The maximum atomic E-state index is 11.5. The molecule has 2 aromatic rings. The Labute approximate surface area is 148 Å². The summed E-state index contributed by atoms with van der Waals surface area (Å²) in [7, 11) is 0. The van der Waals surface area contributed by atoms with Crippen LogP contribution in [0.15, 0.2) is 24.3 Å². The molecular weight excluding hydrogens is 344 g/mol. The van der Waals surface area contributed by atoms with E-state index in [2.05, 4.69) is 10.3 Å².